The van der Waals surface area contributed by atoms with E-state index in [-0.39, 0.29) is 11.9 Å². The fraction of sp³-hybridized carbons (Fsp3) is 0.533. The van der Waals surface area contributed by atoms with E-state index in [0.717, 1.165) is 18.4 Å². The molecule has 0 saturated heterocycles. The molecule has 0 heterocycles. The van der Waals surface area contributed by atoms with E-state index in [9.17, 15) is 4.79 Å². The first kappa shape index (κ1) is 15.7. The van der Waals surface area contributed by atoms with E-state index in [1.807, 2.05) is 30.3 Å². The standard InChI is InChI=1S/C15H24N2O2/c1-3-7-13(11-19-2)17-15(18)14(16)10-12-8-5-4-6-9-12/h4-6,8-9,13-14H,3,7,10-11,16H2,1-2H3,(H,17,18). The lowest BCUT2D eigenvalue weighted by atomic mass is 10.1. The second-order valence-electron chi connectivity index (χ2n) is 4.75. The maximum Gasteiger partial charge on any atom is 0.237 e. The molecule has 3 N–H and O–H groups in total. The van der Waals surface area contributed by atoms with Crippen molar-refractivity contribution in [1.29, 1.82) is 0 Å². The minimum atomic E-state index is -0.515. The van der Waals surface area contributed by atoms with Gasteiger partial charge in [-0.15, -0.1) is 0 Å². The highest BCUT2D eigenvalue weighted by Gasteiger charge is 2.17. The molecule has 4 nitrogen and oxygen atoms in total. The van der Waals surface area contributed by atoms with Gasteiger partial charge in [0.15, 0.2) is 0 Å². The van der Waals surface area contributed by atoms with Crippen LogP contribution in [0.4, 0.5) is 0 Å². The van der Waals surface area contributed by atoms with Crippen LogP contribution in [0.15, 0.2) is 30.3 Å². The van der Waals surface area contributed by atoms with Crippen molar-refractivity contribution in [2.75, 3.05) is 13.7 Å². The molecule has 0 aliphatic rings. The van der Waals surface area contributed by atoms with Gasteiger partial charge in [-0.25, -0.2) is 0 Å². The van der Waals surface area contributed by atoms with Crippen molar-refractivity contribution in [3.63, 3.8) is 0 Å². The molecule has 0 radical (unpaired) electrons. The lowest BCUT2D eigenvalue weighted by Gasteiger charge is -2.20. The topological polar surface area (TPSA) is 64.3 Å². The molecule has 0 aromatic heterocycles. The average molecular weight is 264 g/mol. The Morgan fingerprint density at radius 2 is 2.05 bits per heavy atom. The average Bonchev–Trinajstić information content (AvgIpc) is 2.40. The van der Waals surface area contributed by atoms with Crippen LogP contribution in [0, 0.1) is 0 Å². The van der Waals surface area contributed by atoms with E-state index >= 15 is 0 Å². The number of benzene rings is 1. The molecular weight excluding hydrogens is 240 g/mol. The van der Waals surface area contributed by atoms with Crippen LogP contribution in [-0.2, 0) is 16.0 Å². The Bertz CT molecular complexity index is 362. The maximum absolute atomic E-state index is 12.0. The third-order valence-corrected chi connectivity index (χ3v) is 2.99. The van der Waals surface area contributed by atoms with Crippen molar-refractivity contribution in [2.45, 2.75) is 38.3 Å². The Kier molecular flexibility index (Phi) is 7.15. The van der Waals surface area contributed by atoms with Crippen LogP contribution >= 0.6 is 0 Å². The summed E-state index contributed by atoms with van der Waals surface area (Å²) in [5.74, 6) is -0.112. The van der Waals surface area contributed by atoms with Crippen molar-refractivity contribution in [3.05, 3.63) is 35.9 Å². The summed E-state index contributed by atoms with van der Waals surface area (Å²) in [6.07, 6.45) is 2.46. The number of nitrogens with two attached hydrogens (primary N) is 1. The molecule has 1 aromatic carbocycles. The molecule has 0 saturated carbocycles. The molecule has 0 spiro atoms. The second-order valence-corrected chi connectivity index (χ2v) is 4.75. The zero-order valence-corrected chi connectivity index (χ0v) is 11.8. The molecule has 2 unspecified atom stereocenters. The van der Waals surface area contributed by atoms with Crippen molar-refractivity contribution in [3.8, 4) is 0 Å². The number of hydrogen-bond acceptors (Lipinski definition) is 3. The molecule has 0 aliphatic heterocycles. The lowest BCUT2D eigenvalue weighted by molar-refractivity contribution is -0.123. The smallest absolute Gasteiger partial charge is 0.237 e. The molecule has 106 valence electrons. The van der Waals surface area contributed by atoms with Crippen LogP contribution in [0.25, 0.3) is 0 Å². The van der Waals surface area contributed by atoms with Gasteiger partial charge < -0.3 is 15.8 Å². The van der Waals surface area contributed by atoms with Gasteiger partial charge >= 0.3 is 0 Å². The van der Waals surface area contributed by atoms with Gasteiger partial charge in [0.1, 0.15) is 0 Å². The summed E-state index contributed by atoms with van der Waals surface area (Å²) in [6.45, 7) is 2.61. The van der Waals surface area contributed by atoms with E-state index < -0.39 is 6.04 Å². The summed E-state index contributed by atoms with van der Waals surface area (Å²) in [5, 5.41) is 2.95. The zero-order valence-electron chi connectivity index (χ0n) is 11.8. The van der Waals surface area contributed by atoms with Crippen molar-refractivity contribution in [2.24, 2.45) is 5.73 Å². The first-order valence-electron chi connectivity index (χ1n) is 6.76. The van der Waals surface area contributed by atoms with Crippen LogP contribution in [-0.4, -0.2) is 31.7 Å². The Morgan fingerprint density at radius 3 is 2.63 bits per heavy atom. The van der Waals surface area contributed by atoms with Gasteiger partial charge in [-0.1, -0.05) is 43.7 Å². The van der Waals surface area contributed by atoms with Gasteiger partial charge in [-0.2, -0.15) is 0 Å². The Morgan fingerprint density at radius 1 is 1.37 bits per heavy atom. The lowest BCUT2D eigenvalue weighted by Crippen LogP contribution is -2.47. The SMILES string of the molecule is CCCC(COC)NC(=O)C(N)Cc1ccccc1. The summed E-state index contributed by atoms with van der Waals surface area (Å²) in [4.78, 5) is 12.0. The summed E-state index contributed by atoms with van der Waals surface area (Å²) in [7, 11) is 1.64. The molecule has 0 bridgehead atoms. The predicted molar refractivity (Wildman–Crippen MR) is 76.8 cm³/mol. The number of methoxy groups -OCH3 is 1. The molecule has 1 amide bonds. The van der Waals surface area contributed by atoms with E-state index in [0.29, 0.717) is 13.0 Å². The van der Waals surface area contributed by atoms with Crippen LogP contribution in [0.5, 0.6) is 0 Å². The van der Waals surface area contributed by atoms with E-state index in [2.05, 4.69) is 12.2 Å². The number of amides is 1. The van der Waals surface area contributed by atoms with Crippen molar-refractivity contribution >= 4 is 5.91 Å². The van der Waals surface area contributed by atoms with E-state index in [1.165, 1.54) is 0 Å². The summed E-state index contributed by atoms with van der Waals surface area (Å²) < 4.78 is 5.10. The van der Waals surface area contributed by atoms with Crippen LogP contribution in [0.2, 0.25) is 0 Å². The largest absolute Gasteiger partial charge is 0.383 e. The van der Waals surface area contributed by atoms with Gasteiger partial charge in [0.25, 0.3) is 0 Å². The van der Waals surface area contributed by atoms with Gasteiger partial charge in [0, 0.05) is 7.11 Å². The first-order valence-corrected chi connectivity index (χ1v) is 6.76. The van der Waals surface area contributed by atoms with Gasteiger partial charge in [0.05, 0.1) is 18.7 Å². The number of carbonyl (C=O) groups excluding carboxylic acids is 1. The van der Waals surface area contributed by atoms with E-state index in [4.69, 9.17) is 10.5 Å². The van der Waals surface area contributed by atoms with Gasteiger partial charge in [0.2, 0.25) is 5.91 Å². The fourth-order valence-electron chi connectivity index (χ4n) is 2.02. The first-order chi connectivity index (χ1) is 9.17. The molecule has 1 aromatic rings. The summed E-state index contributed by atoms with van der Waals surface area (Å²) in [6, 6.07) is 9.33. The molecular formula is C15H24N2O2. The number of nitrogens with one attached hydrogen (secondary N) is 1. The van der Waals surface area contributed by atoms with Crippen molar-refractivity contribution < 1.29 is 9.53 Å². The molecule has 19 heavy (non-hydrogen) atoms. The van der Waals surface area contributed by atoms with Crippen LogP contribution < -0.4 is 11.1 Å². The number of rotatable bonds is 8. The number of carbonyl (C=O) groups is 1. The third-order valence-electron chi connectivity index (χ3n) is 2.99. The molecule has 0 fully saturated rings. The van der Waals surface area contributed by atoms with Crippen LogP contribution in [0.3, 0.4) is 0 Å². The minimum absolute atomic E-state index is 0.0457. The second kappa shape index (κ2) is 8.67. The Balaban J connectivity index is 2.47. The monoisotopic (exact) mass is 264 g/mol. The number of hydrogen-bond donors (Lipinski definition) is 2. The highest BCUT2D eigenvalue weighted by atomic mass is 16.5. The number of ether oxygens (including phenoxy) is 1. The van der Waals surface area contributed by atoms with Crippen LogP contribution in [0.1, 0.15) is 25.3 Å². The highest BCUT2D eigenvalue weighted by molar-refractivity contribution is 5.82. The third kappa shape index (κ3) is 5.85. The Labute approximate surface area is 115 Å². The predicted octanol–water partition coefficient (Wildman–Crippen LogP) is 1.49. The minimum Gasteiger partial charge on any atom is -0.383 e. The molecule has 1 rings (SSSR count). The Hall–Kier alpha value is -1.39. The normalized spacial score (nSPS) is 13.8. The quantitative estimate of drug-likeness (QED) is 0.747. The van der Waals surface area contributed by atoms with Gasteiger partial charge in [-0.05, 0) is 18.4 Å². The fourth-order valence-corrected chi connectivity index (χ4v) is 2.02. The molecule has 4 heteroatoms. The highest BCUT2D eigenvalue weighted by Crippen LogP contribution is 2.03. The summed E-state index contributed by atoms with van der Waals surface area (Å²) >= 11 is 0. The van der Waals surface area contributed by atoms with Gasteiger partial charge in [-0.3, -0.25) is 4.79 Å². The zero-order chi connectivity index (χ0) is 14.1. The van der Waals surface area contributed by atoms with Crippen molar-refractivity contribution in [1.82, 2.24) is 5.32 Å². The molecule has 2 atom stereocenters. The summed E-state index contributed by atoms with van der Waals surface area (Å²) in [5.41, 5.74) is 7.01. The van der Waals surface area contributed by atoms with E-state index in [1.54, 1.807) is 7.11 Å². The maximum atomic E-state index is 12.0. The molecule has 0 aliphatic carbocycles.